The van der Waals surface area contributed by atoms with Crippen molar-refractivity contribution in [2.24, 2.45) is 0 Å². The molecule has 0 fully saturated rings. The Morgan fingerprint density at radius 3 is 2.90 bits per heavy atom. The standard InChI is InChI=1S/C16H15BrClNO/c1-10(19-13-3-4-14(17)15(18)9-13)11-2-5-16-12(8-11)6-7-20-16/h2-5,8-10,19H,6-7H2,1H3. The van der Waals surface area contributed by atoms with E-state index in [0.717, 1.165) is 28.9 Å². The van der Waals surface area contributed by atoms with Gasteiger partial charge >= 0.3 is 0 Å². The molecule has 20 heavy (non-hydrogen) atoms. The number of benzene rings is 2. The van der Waals surface area contributed by atoms with Crippen LogP contribution in [0.1, 0.15) is 24.1 Å². The molecule has 2 aromatic rings. The van der Waals surface area contributed by atoms with Crippen LogP contribution in [0.5, 0.6) is 5.75 Å². The lowest BCUT2D eigenvalue weighted by Gasteiger charge is -2.17. The number of hydrogen-bond acceptors (Lipinski definition) is 2. The molecule has 4 heteroatoms. The second kappa shape index (κ2) is 5.66. The van der Waals surface area contributed by atoms with Gasteiger partial charge in [-0.1, -0.05) is 17.7 Å². The van der Waals surface area contributed by atoms with E-state index in [1.807, 2.05) is 18.2 Å². The van der Waals surface area contributed by atoms with Crippen molar-refractivity contribution in [3.8, 4) is 5.75 Å². The molecule has 104 valence electrons. The summed E-state index contributed by atoms with van der Waals surface area (Å²) in [5, 5.41) is 4.18. The number of ether oxygens (including phenoxy) is 1. The lowest BCUT2D eigenvalue weighted by Crippen LogP contribution is -2.06. The summed E-state index contributed by atoms with van der Waals surface area (Å²) in [7, 11) is 0. The van der Waals surface area contributed by atoms with Gasteiger partial charge in [-0.15, -0.1) is 0 Å². The molecule has 1 unspecified atom stereocenters. The fourth-order valence-corrected chi connectivity index (χ4v) is 2.82. The summed E-state index contributed by atoms with van der Waals surface area (Å²) in [6.07, 6.45) is 1.00. The number of anilines is 1. The van der Waals surface area contributed by atoms with E-state index in [2.05, 4.69) is 46.4 Å². The van der Waals surface area contributed by atoms with Crippen LogP contribution in [0, 0.1) is 0 Å². The largest absolute Gasteiger partial charge is 0.493 e. The molecule has 2 nitrogen and oxygen atoms in total. The first-order valence-electron chi connectivity index (χ1n) is 6.61. The third-order valence-electron chi connectivity index (χ3n) is 3.52. The summed E-state index contributed by atoms with van der Waals surface area (Å²) in [5.41, 5.74) is 3.57. The molecule has 0 saturated carbocycles. The Labute approximate surface area is 132 Å². The number of halogens is 2. The monoisotopic (exact) mass is 351 g/mol. The smallest absolute Gasteiger partial charge is 0.122 e. The third kappa shape index (κ3) is 2.79. The Morgan fingerprint density at radius 2 is 2.10 bits per heavy atom. The molecule has 0 saturated heterocycles. The first-order chi connectivity index (χ1) is 9.63. The first kappa shape index (κ1) is 13.8. The Morgan fingerprint density at radius 1 is 1.25 bits per heavy atom. The Hall–Kier alpha value is -1.19. The lowest BCUT2D eigenvalue weighted by atomic mass is 10.0. The minimum atomic E-state index is 0.221. The first-order valence-corrected chi connectivity index (χ1v) is 7.78. The van der Waals surface area contributed by atoms with Gasteiger partial charge in [0.25, 0.3) is 0 Å². The van der Waals surface area contributed by atoms with E-state index in [4.69, 9.17) is 16.3 Å². The molecular weight excluding hydrogens is 338 g/mol. The van der Waals surface area contributed by atoms with Gasteiger partial charge in [-0.2, -0.15) is 0 Å². The van der Waals surface area contributed by atoms with Crippen LogP contribution in [0.15, 0.2) is 40.9 Å². The van der Waals surface area contributed by atoms with Gasteiger partial charge in [0.2, 0.25) is 0 Å². The van der Waals surface area contributed by atoms with Crippen LogP contribution >= 0.6 is 27.5 Å². The minimum Gasteiger partial charge on any atom is -0.493 e. The van der Waals surface area contributed by atoms with E-state index < -0.39 is 0 Å². The zero-order valence-electron chi connectivity index (χ0n) is 11.1. The average Bonchev–Trinajstić information content (AvgIpc) is 2.90. The highest BCUT2D eigenvalue weighted by molar-refractivity contribution is 9.10. The van der Waals surface area contributed by atoms with Crippen LogP contribution in [0.4, 0.5) is 5.69 Å². The predicted molar refractivity (Wildman–Crippen MR) is 86.8 cm³/mol. The van der Waals surface area contributed by atoms with Gasteiger partial charge < -0.3 is 10.1 Å². The van der Waals surface area contributed by atoms with E-state index >= 15 is 0 Å². The third-order valence-corrected chi connectivity index (χ3v) is 4.75. The number of rotatable bonds is 3. The topological polar surface area (TPSA) is 21.3 Å². The maximum Gasteiger partial charge on any atom is 0.122 e. The molecular formula is C16H15BrClNO. The van der Waals surface area contributed by atoms with Crippen LogP contribution in [-0.4, -0.2) is 6.61 Å². The van der Waals surface area contributed by atoms with Crippen molar-refractivity contribution >= 4 is 33.2 Å². The Balaban J connectivity index is 1.78. The molecule has 0 radical (unpaired) electrons. The lowest BCUT2D eigenvalue weighted by molar-refractivity contribution is 0.357. The summed E-state index contributed by atoms with van der Waals surface area (Å²) in [4.78, 5) is 0. The zero-order chi connectivity index (χ0) is 14.1. The highest BCUT2D eigenvalue weighted by atomic mass is 79.9. The van der Waals surface area contributed by atoms with E-state index in [1.165, 1.54) is 11.1 Å². The second-order valence-electron chi connectivity index (χ2n) is 4.96. The van der Waals surface area contributed by atoms with Gasteiger partial charge in [-0.25, -0.2) is 0 Å². The molecule has 0 spiro atoms. The van der Waals surface area contributed by atoms with Crippen molar-refractivity contribution in [1.82, 2.24) is 0 Å². The van der Waals surface area contributed by atoms with E-state index in [-0.39, 0.29) is 6.04 Å². The highest BCUT2D eigenvalue weighted by Crippen LogP contribution is 2.31. The van der Waals surface area contributed by atoms with Crippen molar-refractivity contribution in [2.45, 2.75) is 19.4 Å². The SMILES string of the molecule is CC(Nc1ccc(Br)c(Cl)c1)c1ccc2c(c1)CCO2. The molecule has 0 bridgehead atoms. The van der Waals surface area contributed by atoms with E-state index in [0.29, 0.717) is 5.02 Å². The van der Waals surface area contributed by atoms with E-state index in [9.17, 15) is 0 Å². The number of hydrogen-bond donors (Lipinski definition) is 1. The van der Waals surface area contributed by atoms with Crippen LogP contribution < -0.4 is 10.1 Å². The van der Waals surface area contributed by atoms with Crippen LogP contribution in [0.25, 0.3) is 0 Å². The summed E-state index contributed by atoms with van der Waals surface area (Å²) >= 11 is 9.52. The molecule has 0 aliphatic carbocycles. The molecule has 1 aliphatic heterocycles. The van der Waals surface area contributed by atoms with Crippen molar-refractivity contribution in [1.29, 1.82) is 0 Å². The van der Waals surface area contributed by atoms with Gasteiger partial charge in [0.15, 0.2) is 0 Å². The molecule has 1 aliphatic rings. The molecule has 1 heterocycles. The van der Waals surface area contributed by atoms with Gasteiger partial charge in [0.1, 0.15) is 5.75 Å². The number of nitrogens with one attached hydrogen (secondary N) is 1. The summed E-state index contributed by atoms with van der Waals surface area (Å²) in [5.74, 6) is 1.02. The predicted octanol–water partition coefficient (Wildman–Crippen LogP) is 5.21. The van der Waals surface area contributed by atoms with Gasteiger partial charge in [0.05, 0.1) is 11.6 Å². The zero-order valence-corrected chi connectivity index (χ0v) is 13.5. The normalized spacial score (nSPS) is 14.6. The summed E-state index contributed by atoms with van der Waals surface area (Å²) in [6, 6.07) is 12.5. The van der Waals surface area contributed by atoms with Crippen molar-refractivity contribution in [3.05, 3.63) is 57.0 Å². The highest BCUT2D eigenvalue weighted by Gasteiger charge is 2.14. The molecule has 2 aromatic carbocycles. The fourth-order valence-electron chi connectivity index (χ4n) is 2.40. The van der Waals surface area contributed by atoms with Gasteiger partial charge in [-0.05, 0) is 64.3 Å². The molecule has 0 amide bonds. The Kier molecular flexibility index (Phi) is 3.90. The van der Waals surface area contributed by atoms with Gasteiger partial charge in [0, 0.05) is 22.6 Å². The van der Waals surface area contributed by atoms with Crippen molar-refractivity contribution in [3.63, 3.8) is 0 Å². The molecule has 0 aromatic heterocycles. The molecule has 3 rings (SSSR count). The number of fused-ring (bicyclic) bond motifs is 1. The van der Waals surface area contributed by atoms with E-state index in [1.54, 1.807) is 0 Å². The van der Waals surface area contributed by atoms with Crippen LogP contribution in [-0.2, 0) is 6.42 Å². The van der Waals surface area contributed by atoms with Crippen molar-refractivity contribution in [2.75, 3.05) is 11.9 Å². The fraction of sp³-hybridized carbons (Fsp3) is 0.250. The molecule has 1 atom stereocenters. The average molecular weight is 353 g/mol. The van der Waals surface area contributed by atoms with Crippen molar-refractivity contribution < 1.29 is 4.74 Å². The maximum atomic E-state index is 6.12. The second-order valence-corrected chi connectivity index (χ2v) is 6.22. The molecule has 1 N–H and O–H groups in total. The quantitative estimate of drug-likeness (QED) is 0.818. The Bertz CT molecular complexity index is 644. The van der Waals surface area contributed by atoms with Crippen LogP contribution in [0.3, 0.4) is 0 Å². The minimum absolute atomic E-state index is 0.221. The van der Waals surface area contributed by atoms with Gasteiger partial charge in [-0.3, -0.25) is 0 Å². The summed E-state index contributed by atoms with van der Waals surface area (Å²) < 4.78 is 6.45. The maximum absolute atomic E-state index is 6.12. The summed E-state index contributed by atoms with van der Waals surface area (Å²) in [6.45, 7) is 2.94. The van der Waals surface area contributed by atoms with Crippen LogP contribution in [0.2, 0.25) is 5.02 Å².